The molecule has 0 heterocycles. The van der Waals surface area contributed by atoms with E-state index in [2.05, 4.69) is 26.5 Å². The molecule has 2 rings (SSSR count). The molecule has 1 saturated carbocycles. The molecular weight excluding hydrogens is 381 g/mol. The number of likely N-dealkylation sites (N-methyl/N-ethyl adjacent to an activating group) is 1. The van der Waals surface area contributed by atoms with Crippen molar-refractivity contribution in [3.05, 3.63) is 30.3 Å². The molecule has 0 aromatic heterocycles. The van der Waals surface area contributed by atoms with Crippen LogP contribution >= 0.6 is 23.2 Å². The standard InChI is InChI=1S/C21H34Cl2N3O/c1-26(2,3)15-14-24-19-16-17(23)8-7-11-20(19)25(21(27)12-13-22)18-9-5-4-6-10-18/h4-6,9-10,17,19-20,24H,7-8,11-16H2,1-3H3/q+1. The number of hydrogen-bond donors (Lipinski definition) is 1. The molecule has 3 atom stereocenters. The van der Waals surface area contributed by atoms with Gasteiger partial charge in [-0.25, -0.2) is 0 Å². The third-order valence-corrected chi connectivity index (χ3v) is 5.71. The number of hydrogen-bond acceptors (Lipinski definition) is 2. The Hall–Kier alpha value is -0.810. The van der Waals surface area contributed by atoms with E-state index in [-0.39, 0.29) is 23.4 Å². The Morgan fingerprint density at radius 2 is 1.93 bits per heavy atom. The molecule has 1 aromatic rings. The van der Waals surface area contributed by atoms with Crippen LogP contribution in [0.5, 0.6) is 0 Å². The Morgan fingerprint density at radius 1 is 1.22 bits per heavy atom. The van der Waals surface area contributed by atoms with Gasteiger partial charge in [-0.2, -0.15) is 0 Å². The number of amides is 1. The first kappa shape index (κ1) is 22.5. The maximum Gasteiger partial charge on any atom is 0.228 e. The number of benzene rings is 1. The van der Waals surface area contributed by atoms with Gasteiger partial charge < -0.3 is 14.7 Å². The second-order valence-corrected chi connectivity index (χ2v) is 9.44. The van der Waals surface area contributed by atoms with Gasteiger partial charge in [-0.15, -0.1) is 23.2 Å². The van der Waals surface area contributed by atoms with E-state index in [0.29, 0.717) is 12.3 Å². The zero-order valence-electron chi connectivity index (χ0n) is 16.8. The molecule has 1 aromatic carbocycles. The summed E-state index contributed by atoms with van der Waals surface area (Å²) in [4.78, 5) is 15.0. The lowest BCUT2D eigenvalue weighted by atomic mass is 9.99. The van der Waals surface area contributed by atoms with Crippen molar-refractivity contribution in [2.75, 3.05) is 45.0 Å². The Labute approximate surface area is 174 Å². The molecule has 0 aliphatic heterocycles. The Bertz CT molecular complexity index is 577. The third kappa shape index (κ3) is 7.26. The third-order valence-electron chi connectivity index (χ3n) is 5.12. The highest BCUT2D eigenvalue weighted by molar-refractivity contribution is 6.20. The second-order valence-electron chi connectivity index (χ2n) is 8.44. The number of para-hydroxylation sites is 1. The van der Waals surface area contributed by atoms with Crippen LogP contribution in [0.1, 0.15) is 32.1 Å². The Morgan fingerprint density at radius 3 is 2.56 bits per heavy atom. The molecule has 6 heteroatoms. The van der Waals surface area contributed by atoms with Crippen molar-refractivity contribution in [2.45, 2.75) is 49.6 Å². The van der Waals surface area contributed by atoms with Crippen LogP contribution in [0.2, 0.25) is 0 Å². The summed E-state index contributed by atoms with van der Waals surface area (Å²) in [7, 11) is 6.57. The van der Waals surface area contributed by atoms with Gasteiger partial charge in [-0.1, -0.05) is 18.2 Å². The number of carbonyl (C=O) groups excluding carboxylic acids is 1. The molecule has 152 valence electrons. The fourth-order valence-electron chi connectivity index (χ4n) is 3.72. The van der Waals surface area contributed by atoms with Gasteiger partial charge in [-0.05, 0) is 37.8 Å². The number of carbonyl (C=O) groups is 1. The SMILES string of the molecule is C[N+](C)(C)CCNC1CC(Cl)CCCC1N(C(=O)CCCl)c1ccccc1. The Kier molecular flexibility index (Phi) is 8.87. The molecule has 4 nitrogen and oxygen atoms in total. The van der Waals surface area contributed by atoms with Gasteiger partial charge in [0.15, 0.2) is 0 Å². The summed E-state index contributed by atoms with van der Waals surface area (Å²) in [5.41, 5.74) is 0.948. The van der Waals surface area contributed by atoms with E-state index in [1.165, 1.54) is 0 Å². The van der Waals surface area contributed by atoms with Gasteiger partial charge in [0, 0.05) is 36.0 Å². The van der Waals surface area contributed by atoms with Gasteiger partial charge >= 0.3 is 0 Å². The summed E-state index contributed by atoms with van der Waals surface area (Å²) >= 11 is 12.5. The minimum Gasteiger partial charge on any atom is -0.330 e. The van der Waals surface area contributed by atoms with Crippen molar-refractivity contribution >= 4 is 34.8 Å². The highest BCUT2D eigenvalue weighted by Crippen LogP contribution is 2.30. The van der Waals surface area contributed by atoms with E-state index in [1.807, 2.05) is 35.2 Å². The van der Waals surface area contributed by atoms with Gasteiger partial charge in [0.2, 0.25) is 5.91 Å². The van der Waals surface area contributed by atoms with E-state index in [1.54, 1.807) is 0 Å². The lowest BCUT2D eigenvalue weighted by Gasteiger charge is -2.37. The van der Waals surface area contributed by atoms with Crippen LogP contribution in [0.25, 0.3) is 0 Å². The normalized spacial score (nSPS) is 23.7. The number of halogens is 2. The molecule has 27 heavy (non-hydrogen) atoms. The fraction of sp³-hybridized carbons (Fsp3) is 0.667. The molecular formula is C21H34Cl2N3O+. The van der Waals surface area contributed by atoms with E-state index < -0.39 is 0 Å². The van der Waals surface area contributed by atoms with Crippen molar-refractivity contribution in [1.82, 2.24) is 5.32 Å². The Balaban J connectivity index is 2.25. The zero-order chi connectivity index (χ0) is 19.9. The minimum absolute atomic E-state index is 0.0904. The summed E-state index contributed by atoms with van der Waals surface area (Å²) in [5, 5.41) is 3.87. The van der Waals surface area contributed by atoms with Crippen LogP contribution < -0.4 is 10.2 Å². The molecule has 1 N–H and O–H groups in total. The van der Waals surface area contributed by atoms with Crippen molar-refractivity contribution in [3.8, 4) is 0 Å². The number of rotatable bonds is 8. The van der Waals surface area contributed by atoms with E-state index in [0.717, 1.165) is 48.9 Å². The summed E-state index contributed by atoms with van der Waals surface area (Å²) in [6.07, 6.45) is 4.21. The quantitative estimate of drug-likeness (QED) is 0.397. The maximum atomic E-state index is 13.0. The number of nitrogens with zero attached hydrogens (tertiary/aromatic N) is 2. The number of anilines is 1. The van der Waals surface area contributed by atoms with Crippen LogP contribution in [0.15, 0.2) is 30.3 Å². The topological polar surface area (TPSA) is 32.3 Å². The summed E-state index contributed by atoms with van der Waals surface area (Å²) in [6, 6.07) is 10.2. The second kappa shape index (κ2) is 10.7. The molecule has 1 fully saturated rings. The molecule has 0 saturated heterocycles. The van der Waals surface area contributed by atoms with Gasteiger partial charge in [0.05, 0.1) is 33.7 Å². The lowest BCUT2D eigenvalue weighted by molar-refractivity contribution is -0.869. The average Bonchev–Trinajstić information content (AvgIpc) is 2.77. The first-order chi connectivity index (χ1) is 12.8. The molecule has 0 spiro atoms. The summed E-state index contributed by atoms with van der Waals surface area (Å²) in [5.74, 6) is 0.430. The highest BCUT2D eigenvalue weighted by Gasteiger charge is 2.34. The van der Waals surface area contributed by atoms with Crippen LogP contribution in [0.3, 0.4) is 0 Å². The predicted octanol–water partition coefficient (Wildman–Crippen LogP) is 3.86. The lowest BCUT2D eigenvalue weighted by Crippen LogP contribution is -2.54. The van der Waals surface area contributed by atoms with Gasteiger partial charge in [-0.3, -0.25) is 4.79 Å². The van der Waals surface area contributed by atoms with Crippen molar-refractivity contribution in [2.24, 2.45) is 0 Å². The number of alkyl halides is 2. The molecule has 1 aliphatic carbocycles. The van der Waals surface area contributed by atoms with Crippen LogP contribution in [0, 0.1) is 0 Å². The fourth-order valence-corrected chi connectivity index (χ4v) is 4.23. The predicted molar refractivity (Wildman–Crippen MR) is 116 cm³/mol. The summed E-state index contributed by atoms with van der Waals surface area (Å²) < 4.78 is 0.905. The monoisotopic (exact) mass is 414 g/mol. The number of nitrogens with one attached hydrogen (secondary N) is 1. The average molecular weight is 415 g/mol. The van der Waals surface area contributed by atoms with Crippen molar-refractivity contribution in [3.63, 3.8) is 0 Å². The maximum absolute atomic E-state index is 13.0. The first-order valence-corrected chi connectivity index (χ1v) is 10.9. The minimum atomic E-state index is 0.0904. The molecule has 3 unspecified atom stereocenters. The first-order valence-electron chi connectivity index (χ1n) is 9.93. The van der Waals surface area contributed by atoms with Crippen LogP contribution in [0.4, 0.5) is 5.69 Å². The van der Waals surface area contributed by atoms with E-state index >= 15 is 0 Å². The van der Waals surface area contributed by atoms with Crippen molar-refractivity contribution < 1.29 is 9.28 Å². The van der Waals surface area contributed by atoms with Gasteiger partial charge in [0.1, 0.15) is 0 Å². The molecule has 1 amide bonds. The highest BCUT2D eigenvalue weighted by atomic mass is 35.5. The zero-order valence-corrected chi connectivity index (χ0v) is 18.3. The van der Waals surface area contributed by atoms with Crippen LogP contribution in [-0.4, -0.2) is 68.0 Å². The largest absolute Gasteiger partial charge is 0.330 e. The van der Waals surface area contributed by atoms with Crippen LogP contribution in [-0.2, 0) is 4.79 Å². The number of quaternary nitrogens is 1. The van der Waals surface area contributed by atoms with Crippen molar-refractivity contribution in [1.29, 1.82) is 0 Å². The molecule has 0 bridgehead atoms. The van der Waals surface area contributed by atoms with E-state index in [4.69, 9.17) is 23.2 Å². The molecule has 1 aliphatic rings. The molecule has 0 radical (unpaired) electrons. The van der Waals surface area contributed by atoms with Gasteiger partial charge in [0.25, 0.3) is 0 Å². The summed E-state index contributed by atoms with van der Waals surface area (Å²) in [6.45, 7) is 1.93. The smallest absolute Gasteiger partial charge is 0.228 e. The van der Waals surface area contributed by atoms with E-state index in [9.17, 15) is 4.79 Å².